The maximum Gasteiger partial charge on any atom is 0.157 e. The van der Waals surface area contributed by atoms with Crippen LogP contribution in [0.2, 0.25) is 0 Å². The molecule has 0 atom stereocenters. The molecule has 4 rings (SSSR count). The minimum atomic E-state index is 0.808. The van der Waals surface area contributed by atoms with Crippen LogP contribution in [0.25, 0.3) is 17.1 Å². The third kappa shape index (κ3) is 2.95. The van der Waals surface area contributed by atoms with E-state index in [2.05, 4.69) is 21.3 Å². The fraction of sp³-hybridized carbons (Fsp3) is 0.278. The van der Waals surface area contributed by atoms with E-state index in [4.69, 9.17) is 4.98 Å². The summed E-state index contributed by atoms with van der Waals surface area (Å²) in [5.41, 5.74) is 1.92. The summed E-state index contributed by atoms with van der Waals surface area (Å²) < 4.78 is 1.75. The number of piperidine rings is 1. The van der Waals surface area contributed by atoms with E-state index in [0.29, 0.717) is 0 Å². The fourth-order valence-corrected chi connectivity index (χ4v) is 2.96. The van der Waals surface area contributed by atoms with Crippen LogP contribution in [-0.2, 0) is 0 Å². The molecule has 0 spiro atoms. The van der Waals surface area contributed by atoms with Gasteiger partial charge in [-0.3, -0.25) is 0 Å². The van der Waals surface area contributed by atoms with Gasteiger partial charge in [0, 0.05) is 18.7 Å². The molecule has 1 aliphatic rings. The Labute approximate surface area is 135 Å². The van der Waals surface area contributed by atoms with Gasteiger partial charge in [-0.15, -0.1) is 5.10 Å². The fourth-order valence-electron chi connectivity index (χ4n) is 2.96. The first kappa shape index (κ1) is 13.9. The van der Waals surface area contributed by atoms with Crippen LogP contribution in [0.5, 0.6) is 0 Å². The zero-order valence-corrected chi connectivity index (χ0v) is 13.0. The van der Waals surface area contributed by atoms with E-state index in [1.807, 2.05) is 48.7 Å². The van der Waals surface area contributed by atoms with Gasteiger partial charge in [-0.1, -0.05) is 41.6 Å². The van der Waals surface area contributed by atoms with Crippen molar-refractivity contribution < 1.29 is 0 Å². The molecule has 0 radical (unpaired) electrons. The molecule has 1 fully saturated rings. The molecule has 2 aromatic heterocycles. The summed E-state index contributed by atoms with van der Waals surface area (Å²) in [6, 6.07) is 16.2. The summed E-state index contributed by atoms with van der Waals surface area (Å²) in [5.74, 6) is 1.83. The van der Waals surface area contributed by atoms with Gasteiger partial charge in [0.25, 0.3) is 0 Å². The van der Waals surface area contributed by atoms with Gasteiger partial charge in [-0.25, -0.2) is 9.67 Å². The van der Waals surface area contributed by atoms with Crippen LogP contribution in [0.1, 0.15) is 19.3 Å². The molecule has 0 N–H and O–H groups in total. The topological polar surface area (TPSA) is 46.8 Å². The highest BCUT2D eigenvalue weighted by atomic mass is 15.4. The van der Waals surface area contributed by atoms with Crippen LogP contribution in [0.4, 0.5) is 5.82 Å². The number of nitrogens with zero attached hydrogens (tertiary/aromatic N) is 5. The molecule has 3 heterocycles. The number of rotatable bonds is 3. The van der Waals surface area contributed by atoms with Gasteiger partial charge < -0.3 is 4.90 Å². The smallest absolute Gasteiger partial charge is 0.157 e. The highest BCUT2D eigenvalue weighted by Gasteiger charge is 2.13. The second kappa shape index (κ2) is 6.20. The van der Waals surface area contributed by atoms with Crippen molar-refractivity contribution in [1.29, 1.82) is 0 Å². The molecule has 0 bridgehead atoms. The average Bonchev–Trinajstić information content (AvgIpc) is 3.14. The quantitative estimate of drug-likeness (QED) is 0.745. The third-order valence-corrected chi connectivity index (χ3v) is 4.20. The first-order chi connectivity index (χ1) is 11.4. The standard InChI is InChI=1S/C18H19N5/c1-3-8-15(9-4-1)16-14-23(21-20-16)18-11-7-10-17(19-18)22-12-5-2-6-13-22/h1,3-4,7-11,14H,2,5-6,12-13H2. The number of anilines is 1. The third-order valence-electron chi connectivity index (χ3n) is 4.20. The summed E-state index contributed by atoms with van der Waals surface area (Å²) in [7, 11) is 0. The Kier molecular flexibility index (Phi) is 3.76. The lowest BCUT2D eigenvalue weighted by molar-refractivity contribution is 0.572. The Balaban J connectivity index is 1.62. The SMILES string of the molecule is c1ccc(-c2cn(-c3cccc(N4CCCCC4)n3)nn2)cc1. The van der Waals surface area contributed by atoms with E-state index in [9.17, 15) is 0 Å². The second-order valence-electron chi connectivity index (χ2n) is 5.82. The van der Waals surface area contributed by atoms with Crippen LogP contribution >= 0.6 is 0 Å². The van der Waals surface area contributed by atoms with Gasteiger partial charge >= 0.3 is 0 Å². The minimum Gasteiger partial charge on any atom is -0.357 e. The van der Waals surface area contributed by atoms with Crippen molar-refractivity contribution in [3.63, 3.8) is 0 Å². The lowest BCUT2D eigenvalue weighted by Gasteiger charge is -2.27. The predicted octanol–water partition coefficient (Wildman–Crippen LogP) is 3.32. The van der Waals surface area contributed by atoms with Gasteiger partial charge in [0.05, 0.1) is 6.20 Å². The van der Waals surface area contributed by atoms with Crippen molar-refractivity contribution in [3.8, 4) is 17.1 Å². The molecule has 1 aliphatic heterocycles. The molecule has 3 aromatic rings. The molecule has 5 heteroatoms. The van der Waals surface area contributed by atoms with Crippen LogP contribution in [0, 0.1) is 0 Å². The summed E-state index contributed by atoms with van der Waals surface area (Å²) in [6.45, 7) is 2.17. The molecule has 5 nitrogen and oxygen atoms in total. The van der Waals surface area contributed by atoms with E-state index in [0.717, 1.165) is 36.0 Å². The van der Waals surface area contributed by atoms with Gasteiger partial charge in [0.2, 0.25) is 0 Å². The van der Waals surface area contributed by atoms with Gasteiger partial charge in [-0.05, 0) is 31.4 Å². The van der Waals surface area contributed by atoms with Gasteiger partial charge in [0.1, 0.15) is 11.5 Å². The number of hydrogen-bond acceptors (Lipinski definition) is 4. The van der Waals surface area contributed by atoms with Crippen LogP contribution in [0.3, 0.4) is 0 Å². The van der Waals surface area contributed by atoms with Crippen molar-refractivity contribution >= 4 is 5.82 Å². The lowest BCUT2D eigenvalue weighted by atomic mass is 10.1. The highest BCUT2D eigenvalue weighted by Crippen LogP contribution is 2.20. The van der Waals surface area contributed by atoms with Crippen LogP contribution < -0.4 is 4.90 Å². The summed E-state index contributed by atoms with van der Waals surface area (Å²) in [6.07, 6.45) is 5.73. The Morgan fingerprint density at radius 3 is 2.39 bits per heavy atom. The highest BCUT2D eigenvalue weighted by molar-refractivity contribution is 5.57. The zero-order valence-electron chi connectivity index (χ0n) is 13.0. The zero-order chi connectivity index (χ0) is 15.5. The molecular formula is C18H19N5. The molecular weight excluding hydrogens is 286 g/mol. The lowest BCUT2D eigenvalue weighted by Crippen LogP contribution is -2.30. The number of aromatic nitrogens is 4. The van der Waals surface area contributed by atoms with E-state index in [-0.39, 0.29) is 0 Å². The van der Waals surface area contributed by atoms with Crippen molar-refractivity contribution in [3.05, 3.63) is 54.7 Å². The largest absolute Gasteiger partial charge is 0.357 e. The van der Waals surface area contributed by atoms with Gasteiger partial charge in [-0.2, -0.15) is 0 Å². The van der Waals surface area contributed by atoms with Crippen molar-refractivity contribution in [1.82, 2.24) is 20.0 Å². The molecule has 0 saturated carbocycles. The van der Waals surface area contributed by atoms with Gasteiger partial charge in [0.15, 0.2) is 5.82 Å². The van der Waals surface area contributed by atoms with E-state index in [1.165, 1.54) is 19.3 Å². The maximum atomic E-state index is 4.76. The molecule has 0 aliphatic carbocycles. The Morgan fingerprint density at radius 2 is 1.57 bits per heavy atom. The van der Waals surface area contributed by atoms with Crippen LogP contribution in [-0.4, -0.2) is 33.1 Å². The molecule has 0 amide bonds. The maximum absolute atomic E-state index is 4.76. The normalized spacial score (nSPS) is 14.9. The summed E-state index contributed by atoms with van der Waals surface area (Å²) >= 11 is 0. The number of benzene rings is 1. The Bertz CT molecular complexity index is 775. The summed E-state index contributed by atoms with van der Waals surface area (Å²) in [5, 5.41) is 8.50. The number of hydrogen-bond donors (Lipinski definition) is 0. The number of pyridine rings is 1. The minimum absolute atomic E-state index is 0.808. The Hall–Kier alpha value is -2.69. The molecule has 1 saturated heterocycles. The van der Waals surface area contributed by atoms with E-state index < -0.39 is 0 Å². The first-order valence-corrected chi connectivity index (χ1v) is 8.10. The Morgan fingerprint density at radius 1 is 0.783 bits per heavy atom. The van der Waals surface area contributed by atoms with Crippen molar-refractivity contribution in [2.24, 2.45) is 0 Å². The molecule has 1 aromatic carbocycles. The second-order valence-corrected chi connectivity index (χ2v) is 5.82. The predicted molar refractivity (Wildman–Crippen MR) is 90.7 cm³/mol. The molecule has 0 unspecified atom stereocenters. The first-order valence-electron chi connectivity index (χ1n) is 8.10. The van der Waals surface area contributed by atoms with Crippen molar-refractivity contribution in [2.45, 2.75) is 19.3 Å². The molecule has 116 valence electrons. The van der Waals surface area contributed by atoms with Crippen LogP contribution in [0.15, 0.2) is 54.7 Å². The molecule has 23 heavy (non-hydrogen) atoms. The van der Waals surface area contributed by atoms with Crippen molar-refractivity contribution in [2.75, 3.05) is 18.0 Å². The summed E-state index contributed by atoms with van der Waals surface area (Å²) in [4.78, 5) is 7.11. The monoisotopic (exact) mass is 305 g/mol. The van der Waals surface area contributed by atoms with E-state index in [1.54, 1.807) is 4.68 Å². The average molecular weight is 305 g/mol. The van der Waals surface area contributed by atoms with E-state index >= 15 is 0 Å².